The zero-order valence-electron chi connectivity index (χ0n) is 13.8. The first-order valence-electron chi connectivity index (χ1n) is 8.45. The third-order valence-electron chi connectivity index (χ3n) is 5.12. The van der Waals surface area contributed by atoms with Crippen LogP contribution in [-0.2, 0) is 14.3 Å². The van der Waals surface area contributed by atoms with E-state index >= 15 is 0 Å². The van der Waals surface area contributed by atoms with Gasteiger partial charge in [0.15, 0.2) is 5.82 Å². The third-order valence-corrected chi connectivity index (χ3v) is 5.12. The molecule has 4 heterocycles. The van der Waals surface area contributed by atoms with Crippen LogP contribution in [0, 0.1) is 18.8 Å². The van der Waals surface area contributed by atoms with Gasteiger partial charge in [0.05, 0.1) is 24.5 Å². The van der Waals surface area contributed by atoms with Gasteiger partial charge in [-0.15, -0.1) is 0 Å². The van der Waals surface area contributed by atoms with Crippen LogP contribution in [0.4, 0.5) is 5.82 Å². The van der Waals surface area contributed by atoms with Gasteiger partial charge in [-0.3, -0.25) is 14.5 Å². The second-order valence-electron chi connectivity index (χ2n) is 6.76. The Labute approximate surface area is 140 Å². The van der Waals surface area contributed by atoms with Crippen LogP contribution in [-0.4, -0.2) is 41.8 Å². The van der Waals surface area contributed by atoms with Gasteiger partial charge >= 0.3 is 0 Å². The number of nitrogens with one attached hydrogen (secondary N) is 1. The second kappa shape index (κ2) is 5.44. The molecule has 0 radical (unpaired) electrons. The molecule has 1 N–H and O–H groups in total. The van der Waals surface area contributed by atoms with Crippen LogP contribution >= 0.6 is 0 Å². The van der Waals surface area contributed by atoms with Crippen molar-refractivity contribution in [2.24, 2.45) is 11.8 Å². The highest BCUT2D eigenvalue weighted by atomic mass is 16.5. The van der Waals surface area contributed by atoms with Gasteiger partial charge in [-0.25, -0.2) is 0 Å². The molecule has 0 aliphatic carbocycles. The van der Waals surface area contributed by atoms with E-state index in [1.54, 1.807) is 17.9 Å². The summed E-state index contributed by atoms with van der Waals surface area (Å²) in [6, 6.07) is 1.72. The van der Waals surface area contributed by atoms with E-state index in [4.69, 9.17) is 9.26 Å². The average Bonchev–Trinajstić information content (AvgIpc) is 3.28. The number of amides is 2. The topological polar surface area (TPSA) is 84.7 Å². The zero-order chi connectivity index (χ0) is 16.9. The van der Waals surface area contributed by atoms with Crippen LogP contribution in [0.25, 0.3) is 0 Å². The van der Waals surface area contributed by atoms with Crippen molar-refractivity contribution in [3.63, 3.8) is 0 Å². The lowest BCUT2D eigenvalue weighted by Gasteiger charge is -2.23. The highest BCUT2D eigenvalue weighted by molar-refractivity contribution is 6.02. The van der Waals surface area contributed by atoms with Crippen LogP contribution in [0.3, 0.4) is 0 Å². The summed E-state index contributed by atoms with van der Waals surface area (Å²) in [5.41, 5.74) is -0.721. The van der Waals surface area contributed by atoms with Crippen molar-refractivity contribution in [2.45, 2.75) is 38.4 Å². The van der Waals surface area contributed by atoms with E-state index < -0.39 is 17.4 Å². The highest BCUT2D eigenvalue weighted by Gasteiger charge is 2.67. The first-order valence-corrected chi connectivity index (χ1v) is 8.45. The lowest BCUT2D eigenvalue weighted by atomic mass is 9.77. The molecule has 4 unspecified atom stereocenters. The molecule has 0 saturated carbocycles. The predicted molar refractivity (Wildman–Crippen MR) is 85.2 cm³/mol. The molecule has 3 aliphatic rings. The quantitative estimate of drug-likeness (QED) is 0.647. The smallest absolute Gasteiger partial charge is 0.235 e. The average molecular weight is 331 g/mol. The molecule has 2 bridgehead atoms. The fraction of sp³-hybridized carbons (Fsp3) is 0.588. The minimum Gasteiger partial charge on any atom is -0.360 e. The first kappa shape index (κ1) is 15.4. The summed E-state index contributed by atoms with van der Waals surface area (Å²) in [6.45, 7) is 4.85. The Morgan fingerprint density at radius 1 is 1.54 bits per heavy atom. The number of aryl methyl sites for hydroxylation is 1. The second-order valence-corrected chi connectivity index (χ2v) is 6.76. The van der Waals surface area contributed by atoms with Crippen molar-refractivity contribution in [3.05, 3.63) is 24.0 Å². The van der Waals surface area contributed by atoms with Crippen molar-refractivity contribution >= 4 is 17.6 Å². The molecule has 2 fully saturated rings. The van der Waals surface area contributed by atoms with Crippen LogP contribution < -0.4 is 10.2 Å². The van der Waals surface area contributed by atoms with Crippen molar-refractivity contribution in [2.75, 3.05) is 18.0 Å². The van der Waals surface area contributed by atoms with Gasteiger partial charge < -0.3 is 14.6 Å². The Hall–Kier alpha value is -2.15. The van der Waals surface area contributed by atoms with Gasteiger partial charge in [-0.05, 0) is 13.3 Å². The van der Waals surface area contributed by atoms with Crippen LogP contribution in [0.2, 0.25) is 0 Å². The molecule has 3 aliphatic heterocycles. The van der Waals surface area contributed by atoms with Crippen LogP contribution in [0.1, 0.15) is 25.5 Å². The summed E-state index contributed by atoms with van der Waals surface area (Å²) in [5, 5.41) is 6.88. The van der Waals surface area contributed by atoms with Crippen LogP contribution in [0.15, 0.2) is 22.7 Å². The largest absolute Gasteiger partial charge is 0.360 e. The number of unbranched alkanes of at least 4 members (excludes halogenated alkanes) is 1. The van der Waals surface area contributed by atoms with E-state index in [0.717, 1.165) is 12.8 Å². The molecule has 7 nitrogen and oxygen atoms in total. The lowest BCUT2D eigenvalue weighted by Crippen LogP contribution is -2.44. The minimum absolute atomic E-state index is 0.101. The summed E-state index contributed by atoms with van der Waals surface area (Å²) in [7, 11) is 0. The monoisotopic (exact) mass is 331 g/mol. The fourth-order valence-electron chi connectivity index (χ4n) is 3.98. The van der Waals surface area contributed by atoms with Crippen molar-refractivity contribution in [3.8, 4) is 0 Å². The molecule has 2 saturated heterocycles. The van der Waals surface area contributed by atoms with E-state index in [-0.39, 0.29) is 17.9 Å². The molecule has 4 rings (SSSR count). The molecule has 7 heteroatoms. The molecule has 1 aromatic rings. The standard InChI is InChI=1S/C17H21N3O4/c1-3-4-7-18-15(21)13-11-5-6-17(23-11)9-20(16(22)14(13)17)12-8-10(2)24-19-12/h5-6,8,11,13-14H,3-4,7,9H2,1-2H3,(H,18,21). The maximum atomic E-state index is 13.0. The third kappa shape index (κ3) is 2.11. The molecule has 24 heavy (non-hydrogen) atoms. The minimum atomic E-state index is -0.721. The van der Waals surface area contributed by atoms with Gasteiger partial charge in [0, 0.05) is 12.6 Å². The van der Waals surface area contributed by atoms with E-state index in [2.05, 4.69) is 17.4 Å². The molecule has 1 spiro atoms. The number of carbonyl (C=O) groups is 2. The number of carbonyl (C=O) groups excluding carboxylic acids is 2. The number of hydrogen-bond acceptors (Lipinski definition) is 5. The molecular weight excluding hydrogens is 310 g/mol. The normalized spacial score (nSPS) is 33.3. The van der Waals surface area contributed by atoms with Gasteiger partial charge in [0.25, 0.3) is 0 Å². The first-order chi connectivity index (χ1) is 11.6. The van der Waals surface area contributed by atoms with Gasteiger partial charge in [-0.1, -0.05) is 30.7 Å². The van der Waals surface area contributed by atoms with Crippen molar-refractivity contribution < 1.29 is 18.8 Å². The highest BCUT2D eigenvalue weighted by Crippen LogP contribution is 2.52. The Bertz CT molecular complexity index is 712. The molecule has 4 atom stereocenters. The van der Waals surface area contributed by atoms with E-state index in [0.29, 0.717) is 24.7 Å². The number of hydrogen-bond donors (Lipinski definition) is 1. The summed E-state index contributed by atoms with van der Waals surface area (Å²) in [6.07, 6.45) is 5.46. The fourth-order valence-corrected chi connectivity index (χ4v) is 3.98. The maximum Gasteiger partial charge on any atom is 0.235 e. The van der Waals surface area contributed by atoms with Gasteiger partial charge in [0.2, 0.25) is 11.8 Å². The summed E-state index contributed by atoms with van der Waals surface area (Å²) in [5.74, 6) is -0.0701. The number of aromatic nitrogens is 1. The van der Waals surface area contributed by atoms with Crippen molar-refractivity contribution in [1.82, 2.24) is 10.5 Å². The number of fused-ring (bicyclic) bond motifs is 1. The Kier molecular flexibility index (Phi) is 3.49. The van der Waals surface area contributed by atoms with Crippen molar-refractivity contribution in [1.29, 1.82) is 0 Å². The Balaban J connectivity index is 1.59. The van der Waals surface area contributed by atoms with Gasteiger partial charge in [0.1, 0.15) is 11.4 Å². The molecular formula is C17H21N3O4. The molecule has 2 amide bonds. The van der Waals surface area contributed by atoms with E-state index in [9.17, 15) is 9.59 Å². The number of anilines is 1. The number of ether oxygens (including phenoxy) is 1. The van der Waals surface area contributed by atoms with E-state index in [1.165, 1.54) is 0 Å². The van der Waals surface area contributed by atoms with E-state index in [1.807, 2.05) is 12.2 Å². The van der Waals surface area contributed by atoms with Gasteiger partial charge in [-0.2, -0.15) is 0 Å². The maximum absolute atomic E-state index is 13.0. The Morgan fingerprint density at radius 3 is 3.08 bits per heavy atom. The molecule has 0 aromatic carbocycles. The zero-order valence-corrected chi connectivity index (χ0v) is 13.8. The lowest BCUT2D eigenvalue weighted by molar-refractivity contribution is -0.131. The number of rotatable bonds is 5. The molecule has 128 valence electrons. The summed E-state index contributed by atoms with van der Waals surface area (Å²) >= 11 is 0. The summed E-state index contributed by atoms with van der Waals surface area (Å²) in [4.78, 5) is 27.2. The number of nitrogens with zero attached hydrogens (tertiary/aromatic N) is 2. The summed E-state index contributed by atoms with van der Waals surface area (Å²) < 4.78 is 11.1. The van der Waals surface area contributed by atoms with Crippen LogP contribution in [0.5, 0.6) is 0 Å². The predicted octanol–water partition coefficient (Wildman–Crippen LogP) is 1.19. The SMILES string of the molecule is CCCCNC(=O)C1C2C=CC3(CN(c4cc(C)on4)C(=O)C13)O2. The molecule has 1 aromatic heterocycles. The Morgan fingerprint density at radius 2 is 2.38 bits per heavy atom.